The third kappa shape index (κ3) is 3.21. The number of hydrogen-bond acceptors (Lipinski definition) is 2. The van der Waals surface area contributed by atoms with E-state index in [0.717, 1.165) is 5.52 Å². The summed E-state index contributed by atoms with van der Waals surface area (Å²) in [6.45, 7) is 8.65. The van der Waals surface area contributed by atoms with Gasteiger partial charge in [-0.2, -0.15) is 0 Å². The first-order valence-electron chi connectivity index (χ1n) is 7.55. The van der Waals surface area contributed by atoms with Crippen molar-refractivity contribution >= 4 is 16.8 Å². The first-order valence-corrected chi connectivity index (χ1v) is 7.55. The van der Waals surface area contributed by atoms with Gasteiger partial charge < -0.3 is 9.47 Å². The lowest BCUT2D eigenvalue weighted by Gasteiger charge is -2.35. The van der Waals surface area contributed by atoms with E-state index in [-0.39, 0.29) is 29.3 Å². The van der Waals surface area contributed by atoms with E-state index in [2.05, 4.69) is 27.7 Å². The van der Waals surface area contributed by atoms with Crippen LogP contribution < -0.4 is 5.43 Å². The number of rotatable bonds is 3. The predicted molar refractivity (Wildman–Crippen MR) is 89.9 cm³/mol. The maximum atomic E-state index is 12.6. The van der Waals surface area contributed by atoms with E-state index >= 15 is 0 Å². The number of carbonyl (C=O) groups is 1. The van der Waals surface area contributed by atoms with Gasteiger partial charge >= 0.3 is 0 Å². The lowest BCUT2D eigenvalue weighted by Crippen LogP contribution is -2.44. The van der Waals surface area contributed by atoms with E-state index in [4.69, 9.17) is 0 Å². The Kier molecular flexibility index (Phi) is 4.40. The second kappa shape index (κ2) is 5.95. The van der Waals surface area contributed by atoms with Crippen molar-refractivity contribution in [3.63, 3.8) is 0 Å². The molecule has 1 aromatic carbocycles. The lowest BCUT2D eigenvalue weighted by atomic mass is 9.87. The fraction of sp³-hybridized carbons (Fsp3) is 0.444. The second-order valence-corrected chi connectivity index (χ2v) is 6.87. The smallest absolute Gasteiger partial charge is 0.242 e. The highest BCUT2D eigenvalue weighted by Crippen LogP contribution is 2.23. The van der Waals surface area contributed by atoms with Crippen molar-refractivity contribution < 1.29 is 4.79 Å². The standard InChI is InChI=1S/C18H24N2O2/c1-13(18(2,3)4)19(5)17(22)12-20-11-10-16(21)14-8-6-7-9-15(14)20/h6-11,13H,12H2,1-5H3. The van der Waals surface area contributed by atoms with Crippen LogP contribution in [0.5, 0.6) is 0 Å². The molecule has 0 N–H and O–H groups in total. The number of fused-ring (bicyclic) bond motifs is 1. The predicted octanol–water partition coefficient (Wildman–Crippen LogP) is 2.89. The van der Waals surface area contributed by atoms with Crippen molar-refractivity contribution in [3.8, 4) is 0 Å². The number of pyridine rings is 1. The van der Waals surface area contributed by atoms with Gasteiger partial charge in [0, 0.05) is 30.7 Å². The molecule has 4 nitrogen and oxygen atoms in total. The van der Waals surface area contributed by atoms with Crippen molar-refractivity contribution in [2.45, 2.75) is 40.3 Å². The Bertz CT molecular complexity index is 741. The number of aromatic nitrogens is 1. The first-order chi connectivity index (χ1) is 10.2. The molecule has 0 radical (unpaired) electrons. The van der Waals surface area contributed by atoms with Gasteiger partial charge in [0.05, 0.1) is 5.52 Å². The number of amides is 1. The van der Waals surface area contributed by atoms with Crippen molar-refractivity contribution in [2.75, 3.05) is 7.05 Å². The van der Waals surface area contributed by atoms with Gasteiger partial charge in [-0.05, 0) is 24.5 Å². The summed E-state index contributed by atoms with van der Waals surface area (Å²) in [6.07, 6.45) is 1.69. The summed E-state index contributed by atoms with van der Waals surface area (Å²) in [5.41, 5.74) is 0.798. The molecular formula is C18H24N2O2. The van der Waals surface area contributed by atoms with E-state index in [1.165, 1.54) is 6.07 Å². The van der Waals surface area contributed by atoms with E-state index in [9.17, 15) is 9.59 Å². The molecule has 1 heterocycles. The maximum Gasteiger partial charge on any atom is 0.242 e. The minimum absolute atomic E-state index is 0.0179. The van der Waals surface area contributed by atoms with Crippen LogP contribution in [0.2, 0.25) is 0 Å². The van der Waals surface area contributed by atoms with Crippen LogP contribution in [0, 0.1) is 5.41 Å². The van der Waals surface area contributed by atoms with Crippen LogP contribution in [0.15, 0.2) is 41.3 Å². The lowest BCUT2D eigenvalue weighted by molar-refractivity contribution is -0.134. The van der Waals surface area contributed by atoms with Crippen LogP contribution >= 0.6 is 0 Å². The van der Waals surface area contributed by atoms with Crippen LogP contribution in [0.3, 0.4) is 0 Å². The van der Waals surface area contributed by atoms with Gasteiger partial charge in [-0.25, -0.2) is 0 Å². The average Bonchev–Trinajstić information content (AvgIpc) is 2.47. The Morgan fingerprint density at radius 3 is 2.50 bits per heavy atom. The summed E-state index contributed by atoms with van der Waals surface area (Å²) in [4.78, 5) is 26.2. The molecular weight excluding hydrogens is 276 g/mol. The Morgan fingerprint density at radius 1 is 1.23 bits per heavy atom. The Hall–Kier alpha value is -2.10. The highest BCUT2D eigenvalue weighted by molar-refractivity contribution is 5.82. The number of benzene rings is 1. The molecule has 0 aliphatic carbocycles. The van der Waals surface area contributed by atoms with Gasteiger partial charge in [-0.1, -0.05) is 32.9 Å². The number of carbonyl (C=O) groups excluding carboxylic acids is 1. The van der Waals surface area contributed by atoms with E-state index in [1.807, 2.05) is 29.8 Å². The van der Waals surface area contributed by atoms with Gasteiger partial charge in [-0.15, -0.1) is 0 Å². The number of para-hydroxylation sites is 1. The van der Waals surface area contributed by atoms with Gasteiger partial charge in [-0.3, -0.25) is 9.59 Å². The minimum Gasteiger partial charge on any atom is -0.341 e. The molecule has 0 aliphatic rings. The molecule has 4 heteroatoms. The van der Waals surface area contributed by atoms with Gasteiger partial charge in [0.2, 0.25) is 5.91 Å². The zero-order chi connectivity index (χ0) is 16.5. The summed E-state index contributed by atoms with van der Waals surface area (Å²) < 4.78 is 1.84. The average molecular weight is 300 g/mol. The van der Waals surface area contributed by atoms with Gasteiger partial charge in [0.1, 0.15) is 6.54 Å². The van der Waals surface area contributed by atoms with Gasteiger partial charge in [0.15, 0.2) is 5.43 Å². The van der Waals surface area contributed by atoms with E-state index in [1.54, 1.807) is 17.2 Å². The number of likely N-dealkylation sites (N-methyl/N-ethyl adjacent to an activating group) is 1. The second-order valence-electron chi connectivity index (χ2n) is 6.87. The highest BCUT2D eigenvalue weighted by Gasteiger charge is 2.27. The quantitative estimate of drug-likeness (QED) is 0.874. The largest absolute Gasteiger partial charge is 0.341 e. The molecule has 0 saturated heterocycles. The molecule has 0 fully saturated rings. The zero-order valence-corrected chi connectivity index (χ0v) is 14.0. The SMILES string of the molecule is CC(N(C)C(=O)Cn1ccc(=O)c2ccccc21)C(C)(C)C. The van der Waals surface area contributed by atoms with Crippen molar-refractivity contribution in [1.29, 1.82) is 0 Å². The van der Waals surface area contributed by atoms with Crippen LogP contribution in [0.25, 0.3) is 10.9 Å². The van der Waals surface area contributed by atoms with Crippen molar-refractivity contribution in [3.05, 3.63) is 46.8 Å². The fourth-order valence-electron chi connectivity index (χ4n) is 2.45. The Balaban J connectivity index is 2.30. The molecule has 22 heavy (non-hydrogen) atoms. The maximum absolute atomic E-state index is 12.6. The molecule has 1 unspecified atom stereocenters. The third-order valence-corrected chi connectivity index (χ3v) is 4.42. The molecule has 1 amide bonds. The van der Waals surface area contributed by atoms with Crippen molar-refractivity contribution in [2.24, 2.45) is 5.41 Å². The molecule has 1 atom stereocenters. The number of nitrogens with zero attached hydrogens (tertiary/aromatic N) is 2. The van der Waals surface area contributed by atoms with Gasteiger partial charge in [0.25, 0.3) is 0 Å². The molecule has 0 bridgehead atoms. The van der Waals surface area contributed by atoms with E-state index < -0.39 is 0 Å². The third-order valence-electron chi connectivity index (χ3n) is 4.42. The van der Waals surface area contributed by atoms with Crippen LogP contribution in [0.4, 0.5) is 0 Å². The molecule has 2 aromatic rings. The van der Waals surface area contributed by atoms with Crippen LogP contribution in [-0.4, -0.2) is 28.5 Å². The molecule has 1 aromatic heterocycles. The summed E-state index contributed by atoms with van der Waals surface area (Å²) in [5, 5.41) is 0.643. The molecule has 118 valence electrons. The van der Waals surface area contributed by atoms with Crippen LogP contribution in [0.1, 0.15) is 27.7 Å². The Morgan fingerprint density at radius 2 is 1.86 bits per heavy atom. The summed E-state index contributed by atoms with van der Waals surface area (Å²) in [6, 6.07) is 9.03. The molecule has 0 spiro atoms. The van der Waals surface area contributed by atoms with E-state index in [0.29, 0.717) is 5.39 Å². The Labute approximate surface area is 131 Å². The molecule has 0 aliphatic heterocycles. The minimum atomic E-state index is -0.0179. The monoisotopic (exact) mass is 300 g/mol. The zero-order valence-electron chi connectivity index (χ0n) is 14.0. The molecule has 2 rings (SSSR count). The summed E-state index contributed by atoms with van der Waals surface area (Å²) in [7, 11) is 1.84. The van der Waals surface area contributed by atoms with Crippen LogP contribution in [-0.2, 0) is 11.3 Å². The molecule has 0 saturated carbocycles. The van der Waals surface area contributed by atoms with Crippen molar-refractivity contribution in [1.82, 2.24) is 9.47 Å². The number of hydrogen-bond donors (Lipinski definition) is 0. The summed E-state index contributed by atoms with van der Waals surface area (Å²) in [5.74, 6) is 0.0382. The summed E-state index contributed by atoms with van der Waals surface area (Å²) >= 11 is 0. The fourth-order valence-corrected chi connectivity index (χ4v) is 2.45. The highest BCUT2D eigenvalue weighted by atomic mass is 16.2. The first kappa shape index (κ1) is 16.3. The topological polar surface area (TPSA) is 42.3 Å². The normalized spacial score (nSPS) is 13.1.